The summed E-state index contributed by atoms with van der Waals surface area (Å²) in [6, 6.07) is 0.395. The summed E-state index contributed by atoms with van der Waals surface area (Å²) in [6.07, 6.45) is -6.25. The van der Waals surface area contributed by atoms with Gasteiger partial charge in [0.2, 0.25) is 0 Å². The molecular weight excluding hydrogens is 738 g/mol. The Labute approximate surface area is 342 Å². The quantitative estimate of drug-likeness (QED) is 0.303. The summed E-state index contributed by atoms with van der Waals surface area (Å²) in [5.41, 5.74) is -3.75. The number of hydrogen-bond donors (Lipinski definition) is 3. The van der Waals surface area contributed by atoms with Crippen LogP contribution in [-0.2, 0) is 42.7 Å². The Morgan fingerprint density at radius 2 is 1.54 bits per heavy atom. The van der Waals surface area contributed by atoms with Crippen LogP contribution >= 0.6 is 0 Å². The molecule has 57 heavy (non-hydrogen) atoms. The number of cyclic esters (lactones) is 1. The monoisotopic (exact) mass is 816 g/mol. The summed E-state index contributed by atoms with van der Waals surface area (Å²) in [6.45, 7) is 23.1. The number of likely N-dealkylation sites (N-methyl/N-ethyl adjacent to an activating group) is 1. The number of fused-ring (bicyclic) bond motifs is 1. The third-order valence-electron chi connectivity index (χ3n) is 13.4. The van der Waals surface area contributed by atoms with E-state index in [4.69, 9.17) is 42.9 Å². The Morgan fingerprint density at radius 1 is 0.912 bits per heavy atom. The fourth-order valence-corrected chi connectivity index (χ4v) is 9.49. The average molecular weight is 816 g/mol. The highest BCUT2D eigenvalue weighted by Crippen LogP contribution is 2.42. The number of methoxy groups -OCH3 is 2. The average Bonchev–Trinajstić information content (AvgIpc) is 3.45. The van der Waals surface area contributed by atoms with Gasteiger partial charge in [-0.3, -0.25) is 4.79 Å². The maximum atomic E-state index is 14.4. The van der Waals surface area contributed by atoms with Crippen molar-refractivity contribution in [3.8, 4) is 0 Å². The predicted molar refractivity (Wildman–Crippen MR) is 214 cm³/mol. The van der Waals surface area contributed by atoms with E-state index in [1.54, 1.807) is 28.1 Å². The van der Waals surface area contributed by atoms with Crippen molar-refractivity contribution >= 4 is 12.0 Å². The summed E-state index contributed by atoms with van der Waals surface area (Å²) in [7, 11) is 7.17. The maximum absolute atomic E-state index is 14.4. The molecule has 4 heterocycles. The van der Waals surface area contributed by atoms with Crippen molar-refractivity contribution in [3.05, 3.63) is 0 Å². The molecule has 15 heteroatoms. The van der Waals surface area contributed by atoms with Crippen LogP contribution in [0, 0.1) is 17.8 Å². The molecule has 0 radical (unpaired) electrons. The fraction of sp³-hybridized carbons (Fsp3) is 0.952. The number of aliphatic hydroxyl groups excluding tert-OH is 2. The molecule has 332 valence electrons. The number of ether oxygens (including phenoxy) is 8. The number of aliphatic hydroxyl groups is 3. The second-order valence-corrected chi connectivity index (χ2v) is 18.5. The Morgan fingerprint density at radius 3 is 2.12 bits per heavy atom. The second kappa shape index (κ2) is 18.9. The summed E-state index contributed by atoms with van der Waals surface area (Å²) in [5, 5.41) is 34.5. The molecule has 0 aliphatic carbocycles. The minimum Gasteiger partial charge on any atom is -0.459 e. The van der Waals surface area contributed by atoms with Crippen molar-refractivity contribution in [1.29, 1.82) is 0 Å². The molecule has 4 rings (SSSR count). The number of carbonyl (C=O) groups excluding carboxylic acids is 1. The molecule has 4 saturated heterocycles. The van der Waals surface area contributed by atoms with Crippen LogP contribution in [0.15, 0.2) is 4.99 Å². The highest BCUT2D eigenvalue weighted by Gasteiger charge is 2.55. The lowest BCUT2D eigenvalue weighted by atomic mass is 9.78. The third kappa shape index (κ3) is 10.3. The molecule has 3 N–H and O–H groups in total. The van der Waals surface area contributed by atoms with Crippen LogP contribution in [0.5, 0.6) is 0 Å². The van der Waals surface area contributed by atoms with Gasteiger partial charge in [0.05, 0.1) is 53.7 Å². The minimum absolute atomic E-state index is 0.0178. The van der Waals surface area contributed by atoms with Gasteiger partial charge in [0.15, 0.2) is 18.7 Å². The number of hydrogen-bond acceptors (Lipinski definition) is 14. The first-order chi connectivity index (χ1) is 26.4. The highest BCUT2D eigenvalue weighted by atomic mass is 16.7. The zero-order valence-corrected chi connectivity index (χ0v) is 37.6. The molecule has 0 saturated carbocycles. The fourth-order valence-electron chi connectivity index (χ4n) is 9.49. The summed E-state index contributed by atoms with van der Waals surface area (Å²) in [4.78, 5) is 23.4. The van der Waals surface area contributed by atoms with Crippen LogP contribution in [0.4, 0.5) is 0 Å². The lowest BCUT2D eigenvalue weighted by Gasteiger charge is -2.49. The molecule has 0 aromatic rings. The first kappa shape index (κ1) is 48.0. The first-order valence-electron chi connectivity index (χ1n) is 21.1. The zero-order valence-electron chi connectivity index (χ0n) is 37.6. The van der Waals surface area contributed by atoms with E-state index in [1.807, 2.05) is 69.5 Å². The van der Waals surface area contributed by atoms with Crippen LogP contribution in [0.25, 0.3) is 0 Å². The Bertz CT molecular complexity index is 1350. The van der Waals surface area contributed by atoms with Crippen molar-refractivity contribution in [3.63, 3.8) is 0 Å². The molecule has 18 atom stereocenters. The standard InChI is InChI=1S/C42H77N3O12/c1-17-30-42(12,49)34(46)23(4)21-44(13)24(5)19-41(11,51-16)36(57-38-33-29(18-25(6)52-38)45(14)39(56-33)43-22(2)3)26(7)32(27(8)37(48)54-30)55-31-20-40(10,50-15)35(47)28(9)53-31/h22-36,38,46-47,49H,17-21H2,1-16H3/t23-,24+,25+,26-,27+,28-,29-,30+,31-,32-,33+,34+,35-,36+,38-,40+,41+,42+/m0/s1. The van der Waals surface area contributed by atoms with E-state index >= 15 is 0 Å². The highest BCUT2D eigenvalue weighted by molar-refractivity contribution is 5.76. The molecule has 0 bridgehead atoms. The van der Waals surface area contributed by atoms with E-state index in [0.29, 0.717) is 25.4 Å². The van der Waals surface area contributed by atoms with Gasteiger partial charge in [-0.1, -0.05) is 20.8 Å². The van der Waals surface area contributed by atoms with E-state index in [2.05, 4.69) is 16.7 Å². The van der Waals surface area contributed by atoms with E-state index in [9.17, 15) is 20.1 Å². The van der Waals surface area contributed by atoms with Crippen molar-refractivity contribution in [2.24, 2.45) is 22.7 Å². The summed E-state index contributed by atoms with van der Waals surface area (Å²) >= 11 is 0. The third-order valence-corrected chi connectivity index (χ3v) is 13.4. The van der Waals surface area contributed by atoms with Crippen LogP contribution in [0.1, 0.15) is 109 Å². The van der Waals surface area contributed by atoms with Crippen molar-refractivity contribution in [2.45, 2.75) is 205 Å². The smallest absolute Gasteiger partial charge is 0.311 e. The molecule has 4 aliphatic rings. The molecule has 0 unspecified atom stereocenters. The molecular formula is C42H77N3O12. The van der Waals surface area contributed by atoms with Gasteiger partial charge in [-0.25, -0.2) is 4.99 Å². The normalized spacial score (nSPS) is 47.9. The lowest BCUT2D eigenvalue weighted by Crippen LogP contribution is -2.60. The van der Waals surface area contributed by atoms with E-state index in [0.717, 1.165) is 0 Å². The van der Waals surface area contributed by atoms with Gasteiger partial charge in [-0.2, -0.15) is 0 Å². The number of carbonyl (C=O) groups is 1. The number of aliphatic imine (C=N–C) groups is 1. The molecule has 0 spiro atoms. The Kier molecular flexibility index (Phi) is 16.0. The predicted octanol–water partition coefficient (Wildman–Crippen LogP) is 3.73. The molecule has 0 aromatic heterocycles. The summed E-state index contributed by atoms with van der Waals surface area (Å²) < 4.78 is 52.0. The van der Waals surface area contributed by atoms with Gasteiger partial charge >= 0.3 is 5.97 Å². The number of rotatable bonds is 8. The van der Waals surface area contributed by atoms with Gasteiger partial charge in [0.1, 0.15) is 17.8 Å². The van der Waals surface area contributed by atoms with E-state index < -0.39 is 89.9 Å². The van der Waals surface area contributed by atoms with Gasteiger partial charge < -0.3 is 63.0 Å². The van der Waals surface area contributed by atoms with Gasteiger partial charge in [0, 0.05) is 52.2 Å². The maximum Gasteiger partial charge on any atom is 0.311 e. The molecule has 4 aliphatic heterocycles. The minimum atomic E-state index is -1.75. The van der Waals surface area contributed by atoms with Crippen LogP contribution in [0.2, 0.25) is 0 Å². The first-order valence-corrected chi connectivity index (χ1v) is 21.1. The van der Waals surface area contributed by atoms with Crippen molar-refractivity contribution < 1.29 is 58.0 Å². The number of esters is 1. The van der Waals surface area contributed by atoms with Gasteiger partial charge in [0.25, 0.3) is 6.02 Å². The van der Waals surface area contributed by atoms with Gasteiger partial charge in [-0.05, 0) is 94.5 Å². The van der Waals surface area contributed by atoms with E-state index in [-0.39, 0.29) is 43.0 Å². The van der Waals surface area contributed by atoms with Crippen LogP contribution < -0.4 is 0 Å². The second-order valence-electron chi connectivity index (χ2n) is 18.5. The number of nitrogens with zero attached hydrogens (tertiary/aromatic N) is 3. The molecule has 0 aromatic carbocycles. The van der Waals surface area contributed by atoms with Crippen molar-refractivity contribution in [2.75, 3.05) is 34.9 Å². The Balaban J connectivity index is 1.87. The largest absolute Gasteiger partial charge is 0.459 e. The SMILES string of the molecule is CC[C@H]1OC(=O)[C@H](C)[C@@H](O[C@H]2C[C@@](C)(OC)[C@@H](O)[C@H](C)O2)[C@H](C)[C@@H](O[C@@H]2O[C@H](C)C[C@H]3[C@H]2OC(=NC(C)C)N3C)[C@](C)(OC)C[C@@H](C)N(C)C[C@H](C)[C@@H](O)[C@]1(C)O. The lowest BCUT2D eigenvalue weighted by molar-refractivity contribution is -0.315. The van der Waals surface area contributed by atoms with Gasteiger partial charge in [-0.15, -0.1) is 0 Å². The van der Waals surface area contributed by atoms with Crippen LogP contribution in [0.3, 0.4) is 0 Å². The summed E-state index contributed by atoms with van der Waals surface area (Å²) in [5.74, 6) is -2.53. The Hall–Kier alpha value is -1.66. The van der Waals surface area contributed by atoms with Crippen molar-refractivity contribution in [1.82, 2.24) is 9.80 Å². The zero-order chi connectivity index (χ0) is 42.9. The van der Waals surface area contributed by atoms with E-state index in [1.165, 1.54) is 6.92 Å². The topological polar surface area (TPSA) is 170 Å². The molecule has 15 nitrogen and oxygen atoms in total. The van der Waals surface area contributed by atoms with Crippen LogP contribution in [-0.4, -0.2) is 168 Å². The molecule has 0 amide bonds. The molecule has 4 fully saturated rings. The number of amidine groups is 1.